The molecule has 0 heterocycles. The third-order valence-electron chi connectivity index (χ3n) is 3.10. The molecule has 4 nitrogen and oxygen atoms in total. The number of nitrogens with zero attached hydrogens (tertiary/aromatic N) is 1. The van der Waals surface area contributed by atoms with Crippen LogP contribution in [0.1, 0.15) is 24.0 Å². The Morgan fingerprint density at radius 3 is 2.76 bits per heavy atom. The molecular weight excluding hydrogens is 266 g/mol. The number of hydrogen-bond acceptors (Lipinski definition) is 4. The molecular formula is C17H25NO3. The van der Waals surface area contributed by atoms with E-state index in [1.807, 2.05) is 18.2 Å². The Labute approximate surface area is 127 Å². The zero-order valence-corrected chi connectivity index (χ0v) is 13.2. The van der Waals surface area contributed by atoms with Gasteiger partial charge in [0.2, 0.25) is 0 Å². The quantitative estimate of drug-likeness (QED) is 0.587. The second-order valence-corrected chi connectivity index (χ2v) is 4.88. The molecule has 1 rings (SSSR count). The van der Waals surface area contributed by atoms with Crippen LogP contribution in [0.4, 0.5) is 0 Å². The fourth-order valence-corrected chi connectivity index (χ4v) is 2.01. The zero-order chi connectivity index (χ0) is 15.5. The van der Waals surface area contributed by atoms with Crippen LogP contribution in [0.2, 0.25) is 0 Å². The molecule has 1 aromatic rings. The molecule has 0 saturated heterocycles. The van der Waals surface area contributed by atoms with Crippen molar-refractivity contribution < 1.29 is 14.6 Å². The summed E-state index contributed by atoms with van der Waals surface area (Å²) >= 11 is 0. The first kappa shape index (κ1) is 17.5. The van der Waals surface area contributed by atoms with Crippen LogP contribution >= 0.6 is 0 Å². The standard InChI is InChI=1S/C17H25NO3/c1-18(10-6-12-20-2)14-16-13-17(21-3)9-8-15(16)7-4-5-11-19/h8-9,13,19H,5-6,10-12,14H2,1-3H3. The van der Waals surface area contributed by atoms with E-state index >= 15 is 0 Å². The van der Waals surface area contributed by atoms with Gasteiger partial charge in [-0.2, -0.15) is 0 Å². The number of benzene rings is 1. The summed E-state index contributed by atoms with van der Waals surface area (Å²) in [7, 11) is 5.47. The van der Waals surface area contributed by atoms with Crippen LogP contribution in [0, 0.1) is 11.8 Å². The highest BCUT2D eigenvalue weighted by atomic mass is 16.5. The van der Waals surface area contributed by atoms with Gasteiger partial charge < -0.3 is 19.5 Å². The molecule has 1 aromatic carbocycles. The summed E-state index contributed by atoms with van der Waals surface area (Å²) in [6.07, 6.45) is 1.50. The lowest BCUT2D eigenvalue weighted by Crippen LogP contribution is -2.20. The van der Waals surface area contributed by atoms with E-state index in [0.29, 0.717) is 6.42 Å². The molecule has 0 atom stereocenters. The van der Waals surface area contributed by atoms with Crippen LogP contribution < -0.4 is 4.74 Å². The van der Waals surface area contributed by atoms with Gasteiger partial charge in [0.25, 0.3) is 0 Å². The first-order valence-corrected chi connectivity index (χ1v) is 7.15. The topological polar surface area (TPSA) is 41.9 Å². The predicted molar refractivity (Wildman–Crippen MR) is 84.4 cm³/mol. The van der Waals surface area contributed by atoms with Gasteiger partial charge in [-0.05, 0) is 37.2 Å². The molecule has 116 valence electrons. The van der Waals surface area contributed by atoms with E-state index in [9.17, 15) is 0 Å². The first-order valence-electron chi connectivity index (χ1n) is 7.15. The van der Waals surface area contributed by atoms with E-state index in [0.717, 1.165) is 43.0 Å². The second-order valence-electron chi connectivity index (χ2n) is 4.88. The van der Waals surface area contributed by atoms with Crippen molar-refractivity contribution in [2.45, 2.75) is 19.4 Å². The van der Waals surface area contributed by atoms with Gasteiger partial charge in [0.05, 0.1) is 13.7 Å². The maximum Gasteiger partial charge on any atom is 0.119 e. The minimum atomic E-state index is 0.0927. The minimum Gasteiger partial charge on any atom is -0.497 e. The number of methoxy groups -OCH3 is 2. The molecule has 0 amide bonds. The molecule has 0 fully saturated rings. The smallest absolute Gasteiger partial charge is 0.119 e. The third kappa shape index (κ3) is 6.63. The monoisotopic (exact) mass is 291 g/mol. The lowest BCUT2D eigenvalue weighted by atomic mass is 10.1. The molecule has 0 bridgehead atoms. The van der Waals surface area contributed by atoms with Gasteiger partial charge in [0, 0.05) is 38.8 Å². The highest BCUT2D eigenvalue weighted by molar-refractivity contribution is 5.45. The Hall–Kier alpha value is -1.54. The molecule has 0 aliphatic rings. The summed E-state index contributed by atoms with van der Waals surface area (Å²) in [6.45, 7) is 2.64. The van der Waals surface area contributed by atoms with E-state index in [-0.39, 0.29) is 6.61 Å². The zero-order valence-electron chi connectivity index (χ0n) is 13.2. The molecule has 1 N–H and O–H groups in total. The van der Waals surface area contributed by atoms with E-state index in [1.54, 1.807) is 14.2 Å². The normalized spacial score (nSPS) is 10.3. The summed E-state index contributed by atoms with van der Waals surface area (Å²) < 4.78 is 10.4. The molecule has 21 heavy (non-hydrogen) atoms. The Morgan fingerprint density at radius 1 is 1.29 bits per heavy atom. The summed E-state index contributed by atoms with van der Waals surface area (Å²) in [5.74, 6) is 6.93. The second kappa shape index (κ2) is 10.2. The largest absolute Gasteiger partial charge is 0.497 e. The van der Waals surface area contributed by atoms with E-state index in [2.05, 4.69) is 23.8 Å². The van der Waals surface area contributed by atoms with Crippen molar-refractivity contribution in [2.24, 2.45) is 0 Å². The molecule has 0 radical (unpaired) electrons. The van der Waals surface area contributed by atoms with Crippen LogP contribution in [-0.2, 0) is 11.3 Å². The van der Waals surface area contributed by atoms with Gasteiger partial charge in [0.15, 0.2) is 0 Å². The summed E-state index contributed by atoms with van der Waals surface area (Å²) in [5.41, 5.74) is 2.13. The Bertz CT molecular complexity index is 477. The van der Waals surface area contributed by atoms with Crippen LogP contribution in [0.5, 0.6) is 5.75 Å². The molecule has 0 aliphatic heterocycles. The van der Waals surface area contributed by atoms with Crippen molar-refractivity contribution in [1.29, 1.82) is 0 Å². The van der Waals surface area contributed by atoms with Gasteiger partial charge in [-0.3, -0.25) is 0 Å². The van der Waals surface area contributed by atoms with Crippen LogP contribution in [-0.4, -0.2) is 51.0 Å². The molecule has 0 spiro atoms. The summed E-state index contributed by atoms with van der Waals surface area (Å²) in [4.78, 5) is 2.24. The van der Waals surface area contributed by atoms with Crippen molar-refractivity contribution in [3.63, 3.8) is 0 Å². The van der Waals surface area contributed by atoms with Gasteiger partial charge >= 0.3 is 0 Å². The molecule has 0 unspecified atom stereocenters. The van der Waals surface area contributed by atoms with Crippen LogP contribution in [0.25, 0.3) is 0 Å². The Balaban J connectivity index is 2.79. The van der Waals surface area contributed by atoms with Gasteiger partial charge in [0.1, 0.15) is 5.75 Å². The van der Waals surface area contributed by atoms with Gasteiger partial charge in [-0.25, -0.2) is 0 Å². The molecule has 4 heteroatoms. The summed E-state index contributed by atoms with van der Waals surface area (Å²) in [5, 5.41) is 8.82. The lowest BCUT2D eigenvalue weighted by Gasteiger charge is -2.18. The Morgan fingerprint density at radius 2 is 2.10 bits per heavy atom. The van der Waals surface area contributed by atoms with E-state index < -0.39 is 0 Å². The van der Waals surface area contributed by atoms with Crippen LogP contribution in [0.3, 0.4) is 0 Å². The maximum atomic E-state index is 8.82. The van der Waals surface area contributed by atoms with Gasteiger partial charge in [-0.1, -0.05) is 11.8 Å². The predicted octanol–water partition coefficient (Wildman–Crippen LogP) is 1.90. The number of hydrogen-bond donors (Lipinski definition) is 1. The number of ether oxygens (including phenoxy) is 2. The molecule has 0 aliphatic carbocycles. The fourth-order valence-electron chi connectivity index (χ4n) is 2.01. The highest BCUT2D eigenvalue weighted by Gasteiger charge is 2.06. The number of rotatable bonds is 8. The fraction of sp³-hybridized carbons (Fsp3) is 0.529. The molecule has 0 saturated carbocycles. The van der Waals surface area contributed by atoms with Crippen molar-refractivity contribution in [1.82, 2.24) is 4.90 Å². The minimum absolute atomic E-state index is 0.0927. The third-order valence-corrected chi connectivity index (χ3v) is 3.10. The summed E-state index contributed by atoms with van der Waals surface area (Å²) in [6, 6.07) is 5.91. The Kier molecular flexibility index (Phi) is 8.53. The van der Waals surface area contributed by atoms with Crippen molar-refractivity contribution >= 4 is 0 Å². The highest BCUT2D eigenvalue weighted by Crippen LogP contribution is 2.18. The van der Waals surface area contributed by atoms with Crippen molar-refractivity contribution in [2.75, 3.05) is 41.0 Å². The maximum absolute atomic E-state index is 8.82. The number of aliphatic hydroxyl groups is 1. The van der Waals surface area contributed by atoms with Gasteiger partial charge in [-0.15, -0.1) is 0 Å². The van der Waals surface area contributed by atoms with Crippen LogP contribution in [0.15, 0.2) is 18.2 Å². The van der Waals surface area contributed by atoms with E-state index in [1.165, 1.54) is 0 Å². The SMILES string of the molecule is COCCCN(C)Cc1cc(OC)ccc1C#CCCO. The first-order chi connectivity index (χ1) is 10.2. The average molecular weight is 291 g/mol. The average Bonchev–Trinajstić information content (AvgIpc) is 2.49. The van der Waals surface area contributed by atoms with Crippen molar-refractivity contribution in [3.05, 3.63) is 29.3 Å². The lowest BCUT2D eigenvalue weighted by molar-refractivity contribution is 0.178. The van der Waals surface area contributed by atoms with E-state index in [4.69, 9.17) is 14.6 Å². The molecule has 0 aromatic heterocycles. The number of aliphatic hydroxyl groups excluding tert-OH is 1. The van der Waals surface area contributed by atoms with Crippen molar-refractivity contribution in [3.8, 4) is 17.6 Å².